The fourth-order valence-corrected chi connectivity index (χ4v) is 2.30. The van der Waals surface area contributed by atoms with Crippen molar-refractivity contribution >= 4 is 5.91 Å². The van der Waals surface area contributed by atoms with Crippen LogP contribution in [-0.4, -0.2) is 37.8 Å². The van der Waals surface area contributed by atoms with E-state index in [1.807, 2.05) is 38.1 Å². The van der Waals surface area contributed by atoms with Gasteiger partial charge in [-0.1, -0.05) is 24.3 Å². The molecule has 1 heterocycles. The van der Waals surface area contributed by atoms with E-state index in [9.17, 15) is 4.79 Å². The molecule has 2 atom stereocenters. The first-order chi connectivity index (χ1) is 10.2. The van der Waals surface area contributed by atoms with Gasteiger partial charge in [0.15, 0.2) is 0 Å². The van der Waals surface area contributed by atoms with Gasteiger partial charge >= 0.3 is 0 Å². The second kappa shape index (κ2) is 8.12. The molecule has 0 radical (unpaired) electrons. The summed E-state index contributed by atoms with van der Waals surface area (Å²) in [7, 11) is 0. The Bertz CT molecular complexity index is 447. The number of rotatable bonds is 6. The molecule has 2 rings (SSSR count). The van der Waals surface area contributed by atoms with E-state index in [1.54, 1.807) is 0 Å². The first-order valence-corrected chi connectivity index (χ1v) is 7.49. The van der Waals surface area contributed by atoms with Crippen LogP contribution in [0.2, 0.25) is 0 Å². The molecule has 1 amide bonds. The van der Waals surface area contributed by atoms with Gasteiger partial charge in [0.25, 0.3) is 0 Å². The Kier molecular flexibility index (Phi) is 6.17. The average molecular weight is 292 g/mol. The molecule has 0 aromatic heterocycles. The molecule has 1 aliphatic rings. The quantitative estimate of drug-likeness (QED) is 0.827. The number of morpholine rings is 1. The summed E-state index contributed by atoms with van der Waals surface area (Å²) >= 11 is 0. The molecule has 0 bridgehead atoms. The maximum absolute atomic E-state index is 12.1. The van der Waals surface area contributed by atoms with E-state index in [-0.39, 0.29) is 18.1 Å². The zero-order valence-corrected chi connectivity index (χ0v) is 12.7. The third-order valence-corrected chi connectivity index (χ3v) is 3.56. The molecule has 5 heteroatoms. The fourth-order valence-electron chi connectivity index (χ4n) is 2.30. The van der Waals surface area contributed by atoms with Gasteiger partial charge in [0.2, 0.25) is 5.91 Å². The van der Waals surface area contributed by atoms with Crippen molar-refractivity contribution in [3.63, 3.8) is 0 Å². The SMILES string of the molecule is CCOCc1ccc(CNC(=O)[C@H]2NCCO[C@@H]2C)cc1. The Hall–Kier alpha value is -1.43. The fraction of sp³-hybridized carbons (Fsp3) is 0.562. The van der Waals surface area contributed by atoms with E-state index in [0.717, 1.165) is 11.1 Å². The summed E-state index contributed by atoms with van der Waals surface area (Å²) in [5.74, 6) is -0.0133. The highest BCUT2D eigenvalue weighted by Crippen LogP contribution is 2.07. The summed E-state index contributed by atoms with van der Waals surface area (Å²) < 4.78 is 10.8. The molecule has 21 heavy (non-hydrogen) atoms. The molecule has 0 aliphatic carbocycles. The van der Waals surface area contributed by atoms with Crippen LogP contribution >= 0.6 is 0 Å². The summed E-state index contributed by atoms with van der Waals surface area (Å²) in [6.45, 7) is 7.14. The van der Waals surface area contributed by atoms with Crippen molar-refractivity contribution in [2.24, 2.45) is 0 Å². The molecular formula is C16H24N2O3. The molecule has 5 nitrogen and oxygen atoms in total. The molecule has 0 spiro atoms. The third kappa shape index (κ3) is 4.81. The highest BCUT2D eigenvalue weighted by Gasteiger charge is 2.27. The van der Waals surface area contributed by atoms with Crippen LogP contribution in [0.4, 0.5) is 0 Å². The van der Waals surface area contributed by atoms with Gasteiger partial charge < -0.3 is 20.1 Å². The molecule has 1 fully saturated rings. The summed E-state index contributed by atoms with van der Waals surface area (Å²) in [5.41, 5.74) is 2.22. The van der Waals surface area contributed by atoms with E-state index >= 15 is 0 Å². The number of ether oxygens (including phenoxy) is 2. The molecular weight excluding hydrogens is 268 g/mol. The van der Waals surface area contributed by atoms with Crippen LogP contribution in [0.1, 0.15) is 25.0 Å². The van der Waals surface area contributed by atoms with E-state index in [1.165, 1.54) is 0 Å². The molecule has 2 N–H and O–H groups in total. The molecule has 1 aromatic carbocycles. The molecule has 1 aromatic rings. The predicted molar refractivity (Wildman–Crippen MR) is 80.8 cm³/mol. The van der Waals surface area contributed by atoms with Crippen molar-refractivity contribution in [3.8, 4) is 0 Å². The van der Waals surface area contributed by atoms with Gasteiger partial charge in [-0.15, -0.1) is 0 Å². The number of carbonyl (C=O) groups excluding carboxylic acids is 1. The van der Waals surface area contributed by atoms with Crippen LogP contribution in [0.5, 0.6) is 0 Å². The van der Waals surface area contributed by atoms with Crippen LogP contribution in [0, 0.1) is 0 Å². The van der Waals surface area contributed by atoms with Crippen LogP contribution < -0.4 is 10.6 Å². The summed E-state index contributed by atoms with van der Waals surface area (Å²) in [6, 6.07) is 7.82. The monoisotopic (exact) mass is 292 g/mol. The minimum atomic E-state index is -0.268. The Balaban J connectivity index is 1.80. The van der Waals surface area contributed by atoms with Crippen LogP contribution in [-0.2, 0) is 27.4 Å². The number of nitrogens with one attached hydrogen (secondary N) is 2. The lowest BCUT2D eigenvalue weighted by Gasteiger charge is -2.29. The third-order valence-electron chi connectivity index (χ3n) is 3.56. The molecule has 1 aliphatic heterocycles. The molecule has 1 saturated heterocycles. The number of carbonyl (C=O) groups is 1. The molecule has 116 valence electrons. The van der Waals surface area contributed by atoms with Gasteiger partial charge in [-0.2, -0.15) is 0 Å². The Morgan fingerprint density at radius 2 is 2.10 bits per heavy atom. The number of hydrogen-bond acceptors (Lipinski definition) is 4. The Labute approximate surface area is 126 Å². The average Bonchev–Trinajstić information content (AvgIpc) is 2.52. The van der Waals surface area contributed by atoms with Crippen LogP contribution in [0.25, 0.3) is 0 Å². The van der Waals surface area contributed by atoms with Crippen molar-refractivity contribution in [2.45, 2.75) is 39.1 Å². The smallest absolute Gasteiger partial charge is 0.240 e. The van der Waals surface area contributed by atoms with Crippen molar-refractivity contribution in [1.82, 2.24) is 10.6 Å². The van der Waals surface area contributed by atoms with E-state index in [0.29, 0.717) is 32.9 Å². The largest absolute Gasteiger partial charge is 0.377 e. The highest BCUT2D eigenvalue weighted by molar-refractivity contribution is 5.82. The van der Waals surface area contributed by atoms with Crippen molar-refractivity contribution in [3.05, 3.63) is 35.4 Å². The molecule has 0 unspecified atom stereocenters. The number of amides is 1. The Morgan fingerprint density at radius 3 is 2.76 bits per heavy atom. The zero-order chi connectivity index (χ0) is 15.1. The Morgan fingerprint density at radius 1 is 1.38 bits per heavy atom. The van der Waals surface area contributed by atoms with Gasteiger partial charge in [0, 0.05) is 19.7 Å². The maximum atomic E-state index is 12.1. The topological polar surface area (TPSA) is 59.6 Å². The highest BCUT2D eigenvalue weighted by atomic mass is 16.5. The lowest BCUT2D eigenvalue weighted by molar-refractivity contribution is -0.129. The minimum absolute atomic E-state index is 0.0133. The predicted octanol–water partition coefficient (Wildman–Crippen LogP) is 1.22. The lowest BCUT2D eigenvalue weighted by atomic mass is 10.1. The van der Waals surface area contributed by atoms with Gasteiger partial charge in [0.1, 0.15) is 6.04 Å². The summed E-state index contributed by atoms with van der Waals surface area (Å²) in [4.78, 5) is 12.1. The van der Waals surface area contributed by atoms with Gasteiger partial charge in [0.05, 0.1) is 19.3 Å². The van der Waals surface area contributed by atoms with Crippen molar-refractivity contribution < 1.29 is 14.3 Å². The van der Waals surface area contributed by atoms with Crippen molar-refractivity contribution in [1.29, 1.82) is 0 Å². The molecule has 0 saturated carbocycles. The summed E-state index contributed by atoms with van der Waals surface area (Å²) in [5, 5.41) is 6.13. The maximum Gasteiger partial charge on any atom is 0.240 e. The van der Waals surface area contributed by atoms with Crippen LogP contribution in [0.15, 0.2) is 24.3 Å². The van der Waals surface area contributed by atoms with E-state index < -0.39 is 0 Å². The van der Waals surface area contributed by atoms with Gasteiger partial charge in [-0.25, -0.2) is 0 Å². The first kappa shape index (κ1) is 15.9. The standard InChI is InChI=1S/C16H24N2O3/c1-3-20-11-14-6-4-13(5-7-14)10-18-16(19)15-12(2)21-9-8-17-15/h4-7,12,15,17H,3,8-11H2,1-2H3,(H,18,19)/t12-,15+/m1/s1. The van der Waals surface area contributed by atoms with Crippen LogP contribution in [0.3, 0.4) is 0 Å². The van der Waals surface area contributed by atoms with E-state index in [4.69, 9.17) is 9.47 Å². The normalized spacial score (nSPS) is 22.0. The van der Waals surface area contributed by atoms with Crippen molar-refractivity contribution in [2.75, 3.05) is 19.8 Å². The first-order valence-electron chi connectivity index (χ1n) is 7.49. The van der Waals surface area contributed by atoms with E-state index in [2.05, 4.69) is 10.6 Å². The lowest BCUT2D eigenvalue weighted by Crippen LogP contribution is -2.55. The minimum Gasteiger partial charge on any atom is -0.377 e. The number of hydrogen-bond donors (Lipinski definition) is 2. The van der Waals surface area contributed by atoms with Gasteiger partial charge in [-0.05, 0) is 25.0 Å². The zero-order valence-electron chi connectivity index (χ0n) is 12.7. The number of benzene rings is 1. The second-order valence-electron chi connectivity index (χ2n) is 5.18. The second-order valence-corrected chi connectivity index (χ2v) is 5.18. The summed E-state index contributed by atoms with van der Waals surface area (Å²) in [6.07, 6.45) is -0.0904. The van der Waals surface area contributed by atoms with Gasteiger partial charge in [-0.3, -0.25) is 4.79 Å².